The number of para-hydroxylation sites is 1. The zero-order valence-electron chi connectivity index (χ0n) is 11.9. The molecule has 0 heterocycles. The maximum atomic E-state index is 12.4. The van der Waals surface area contributed by atoms with E-state index in [9.17, 15) is 13.2 Å². The van der Waals surface area contributed by atoms with Crippen LogP contribution in [0.4, 0.5) is 13.2 Å². The number of hydrogen-bond donors (Lipinski definition) is 1. The number of nitrogens with one attached hydrogen (secondary N) is 1. The lowest BCUT2D eigenvalue weighted by molar-refractivity contribution is -0.274. The standard InChI is InChI=1S/C15H20F3NO/c1-14(2,3)19-9-10-8-12(10)11-6-4-5-7-13(11)20-15(16,17)18/h4-7,10,12,19H,8-9H2,1-3H3. The van der Waals surface area contributed by atoms with Crippen molar-refractivity contribution < 1.29 is 17.9 Å². The van der Waals surface area contributed by atoms with E-state index in [2.05, 4.69) is 30.8 Å². The lowest BCUT2D eigenvalue weighted by Crippen LogP contribution is -2.37. The fourth-order valence-electron chi connectivity index (χ4n) is 2.30. The Morgan fingerprint density at radius 1 is 1.20 bits per heavy atom. The second-order valence-electron chi connectivity index (χ2n) is 6.32. The Morgan fingerprint density at radius 3 is 2.45 bits per heavy atom. The van der Waals surface area contributed by atoms with Gasteiger partial charge in [-0.25, -0.2) is 0 Å². The first-order valence-electron chi connectivity index (χ1n) is 6.75. The summed E-state index contributed by atoms with van der Waals surface area (Å²) in [5, 5.41) is 3.39. The molecule has 1 aliphatic carbocycles. The van der Waals surface area contributed by atoms with Gasteiger partial charge in [-0.1, -0.05) is 18.2 Å². The third-order valence-electron chi connectivity index (χ3n) is 3.36. The molecular weight excluding hydrogens is 267 g/mol. The van der Waals surface area contributed by atoms with Crippen molar-refractivity contribution in [2.75, 3.05) is 6.54 Å². The molecule has 1 N–H and O–H groups in total. The fourth-order valence-corrected chi connectivity index (χ4v) is 2.30. The van der Waals surface area contributed by atoms with Gasteiger partial charge in [0.1, 0.15) is 5.75 Å². The van der Waals surface area contributed by atoms with E-state index in [4.69, 9.17) is 0 Å². The molecular formula is C15H20F3NO. The Kier molecular flexibility index (Phi) is 4.00. The van der Waals surface area contributed by atoms with Gasteiger partial charge < -0.3 is 10.1 Å². The zero-order chi connectivity index (χ0) is 15.0. The third kappa shape index (κ3) is 4.40. The molecule has 112 valence electrons. The monoisotopic (exact) mass is 287 g/mol. The van der Waals surface area contributed by atoms with Gasteiger partial charge in [-0.2, -0.15) is 0 Å². The van der Waals surface area contributed by atoms with Gasteiger partial charge in [-0.15, -0.1) is 13.2 Å². The van der Waals surface area contributed by atoms with Gasteiger partial charge in [0.15, 0.2) is 0 Å². The molecule has 1 aliphatic rings. The van der Waals surface area contributed by atoms with Gasteiger partial charge in [0.05, 0.1) is 0 Å². The van der Waals surface area contributed by atoms with Crippen LogP contribution in [0.15, 0.2) is 24.3 Å². The summed E-state index contributed by atoms with van der Waals surface area (Å²) >= 11 is 0. The molecule has 1 aromatic rings. The molecule has 0 aliphatic heterocycles. The third-order valence-corrected chi connectivity index (χ3v) is 3.36. The minimum absolute atomic E-state index is 0.0229. The van der Waals surface area contributed by atoms with Crippen molar-refractivity contribution in [2.45, 2.75) is 45.0 Å². The van der Waals surface area contributed by atoms with Crippen molar-refractivity contribution in [3.63, 3.8) is 0 Å². The van der Waals surface area contributed by atoms with Crippen molar-refractivity contribution in [2.24, 2.45) is 5.92 Å². The zero-order valence-corrected chi connectivity index (χ0v) is 11.9. The molecule has 1 aromatic carbocycles. The summed E-state index contributed by atoms with van der Waals surface area (Å²) in [4.78, 5) is 0. The van der Waals surface area contributed by atoms with E-state index in [0.717, 1.165) is 13.0 Å². The fraction of sp³-hybridized carbons (Fsp3) is 0.600. The van der Waals surface area contributed by atoms with Crippen molar-refractivity contribution in [3.8, 4) is 5.75 Å². The predicted octanol–water partition coefficient (Wildman–Crippen LogP) is 4.08. The number of hydrogen-bond acceptors (Lipinski definition) is 2. The maximum absolute atomic E-state index is 12.4. The quantitative estimate of drug-likeness (QED) is 0.901. The Bertz CT molecular complexity index is 465. The molecule has 0 aromatic heterocycles. The van der Waals surface area contributed by atoms with E-state index in [1.165, 1.54) is 6.07 Å². The summed E-state index contributed by atoms with van der Waals surface area (Å²) in [5.74, 6) is 0.471. The lowest BCUT2D eigenvalue weighted by atomic mass is 10.1. The smallest absolute Gasteiger partial charge is 0.405 e. The average molecular weight is 287 g/mol. The summed E-state index contributed by atoms with van der Waals surface area (Å²) in [5.41, 5.74) is 0.681. The molecule has 2 atom stereocenters. The Balaban J connectivity index is 2.01. The summed E-state index contributed by atoms with van der Waals surface area (Å²) < 4.78 is 41.2. The van der Waals surface area contributed by atoms with Crippen LogP contribution in [0.1, 0.15) is 38.7 Å². The topological polar surface area (TPSA) is 21.3 Å². The second-order valence-corrected chi connectivity index (χ2v) is 6.32. The van der Waals surface area contributed by atoms with E-state index < -0.39 is 6.36 Å². The summed E-state index contributed by atoms with van der Waals surface area (Å²) in [7, 11) is 0. The molecule has 0 bridgehead atoms. The highest BCUT2D eigenvalue weighted by molar-refractivity contribution is 5.39. The number of rotatable bonds is 4. The number of ether oxygens (including phenoxy) is 1. The first-order chi connectivity index (χ1) is 9.16. The molecule has 2 unspecified atom stereocenters. The second kappa shape index (κ2) is 5.28. The van der Waals surface area contributed by atoms with Crippen molar-refractivity contribution in [1.29, 1.82) is 0 Å². The van der Waals surface area contributed by atoms with Crippen LogP contribution in [0.25, 0.3) is 0 Å². The summed E-state index contributed by atoms with van der Waals surface area (Å²) in [6.07, 6.45) is -3.73. The molecule has 1 saturated carbocycles. The first-order valence-corrected chi connectivity index (χ1v) is 6.75. The van der Waals surface area contributed by atoms with Crippen LogP contribution in [0.5, 0.6) is 5.75 Å². The van der Waals surface area contributed by atoms with Crippen molar-refractivity contribution in [3.05, 3.63) is 29.8 Å². The van der Waals surface area contributed by atoms with Crippen molar-refractivity contribution >= 4 is 0 Å². The van der Waals surface area contributed by atoms with Crippen LogP contribution in [0.3, 0.4) is 0 Å². The van der Waals surface area contributed by atoms with Gasteiger partial charge in [0, 0.05) is 5.54 Å². The maximum Gasteiger partial charge on any atom is 0.573 e. The summed E-state index contributed by atoms with van der Waals surface area (Å²) in [6.45, 7) is 7.04. The molecule has 20 heavy (non-hydrogen) atoms. The highest BCUT2D eigenvalue weighted by Crippen LogP contribution is 2.50. The van der Waals surface area contributed by atoms with E-state index >= 15 is 0 Å². The van der Waals surface area contributed by atoms with Crippen molar-refractivity contribution in [1.82, 2.24) is 5.32 Å². The predicted molar refractivity (Wildman–Crippen MR) is 71.7 cm³/mol. The Hall–Kier alpha value is -1.23. The number of benzene rings is 1. The van der Waals surface area contributed by atoms with Crippen LogP contribution in [0, 0.1) is 5.92 Å². The molecule has 2 rings (SSSR count). The van der Waals surface area contributed by atoms with E-state index in [-0.39, 0.29) is 17.2 Å². The molecule has 2 nitrogen and oxygen atoms in total. The Morgan fingerprint density at radius 2 is 1.85 bits per heavy atom. The minimum atomic E-state index is -4.63. The molecule has 0 saturated heterocycles. The number of alkyl halides is 3. The van der Waals surface area contributed by atoms with E-state index in [0.29, 0.717) is 11.5 Å². The molecule has 5 heteroatoms. The molecule has 0 amide bonds. The highest BCUT2D eigenvalue weighted by atomic mass is 19.4. The summed E-state index contributed by atoms with van der Waals surface area (Å²) in [6, 6.07) is 6.43. The average Bonchev–Trinajstić information content (AvgIpc) is 3.03. The minimum Gasteiger partial charge on any atom is -0.405 e. The Labute approximate surface area is 117 Å². The van der Waals surface area contributed by atoms with E-state index in [1.807, 2.05) is 0 Å². The normalized spacial score (nSPS) is 22.7. The number of halogens is 3. The lowest BCUT2D eigenvalue weighted by Gasteiger charge is -2.20. The van der Waals surface area contributed by atoms with E-state index in [1.54, 1.807) is 18.2 Å². The van der Waals surface area contributed by atoms with Crippen LogP contribution < -0.4 is 10.1 Å². The van der Waals surface area contributed by atoms with Gasteiger partial charge in [-0.05, 0) is 57.2 Å². The van der Waals surface area contributed by atoms with Gasteiger partial charge in [0.25, 0.3) is 0 Å². The van der Waals surface area contributed by atoms with Gasteiger partial charge >= 0.3 is 6.36 Å². The molecule has 0 spiro atoms. The molecule has 1 fully saturated rings. The molecule has 0 radical (unpaired) electrons. The van der Waals surface area contributed by atoms with Crippen LogP contribution in [0.2, 0.25) is 0 Å². The van der Waals surface area contributed by atoms with Crippen LogP contribution in [-0.4, -0.2) is 18.4 Å². The SMILES string of the molecule is CC(C)(C)NCC1CC1c1ccccc1OC(F)(F)F. The van der Waals surface area contributed by atoms with Crippen LogP contribution in [-0.2, 0) is 0 Å². The first kappa shape index (κ1) is 15.2. The largest absolute Gasteiger partial charge is 0.573 e. The highest BCUT2D eigenvalue weighted by Gasteiger charge is 2.41. The van der Waals surface area contributed by atoms with Gasteiger partial charge in [0.2, 0.25) is 0 Å². The van der Waals surface area contributed by atoms with Gasteiger partial charge in [-0.3, -0.25) is 0 Å². The van der Waals surface area contributed by atoms with Crippen LogP contribution >= 0.6 is 0 Å².